The van der Waals surface area contributed by atoms with Crippen LogP contribution >= 0.6 is 0 Å². The molecule has 0 bridgehead atoms. The molecule has 0 aromatic carbocycles. The van der Waals surface area contributed by atoms with Gasteiger partial charge in [0.05, 0.1) is 32.3 Å². The van der Waals surface area contributed by atoms with E-state index in [1.807, 2.05) is 0 Å². The molecule has 1 aliphatic heterocycles. The fourth-order valence-corrected chi connectivity index (χ4v) is 1.53. The van der Waals surface area contributed by atoms with Crippen molar-refractivity contribution in [2.45, 2.75) is 6.04 Å². The third-order valence-corrected chi connectivity index (χ3v) is 2.55. The molecular formula is C13H21N3O7. The van der Waals surface area contributed by atoms with Crippen LogP contribution in [-0.2, 0) is 23.7 Å². The second-order valence-electron chi connectivity index (χ2n) is 4.40. The number of carbonyl (C=O) groups excluding carboxylic acids is 3. The lowest BCUT2D eigenvalue weighted by molar-refractivity contribution is -0.116. The molecule has 1 rings (SSSR count). The summed E-state index contributed by atoms with van der Waals surface area (Å²) in [6.45, 7) is 4.51. The zero-order valence-corrected chi connectivity index (χ0v) is 12.7. The summed E-state index contributed by atoms with van der Waals surface area (Å²) in [6.07, 6.45) is 0.231. The topological polar surface area (TPSA) is 124 Å². The molecule has 1 heterocycles. The van der Waals surface area contributed by atoms with E-state index in [0.29, 0.717) is 13.2 Å². The van der Waals surface area contributed by atoms with Crippen molar-refractivity contribution in [1.29, 1.82) is 0 Å². The summed E-state index contributed by atoms with van der Waals surface area (Å²) in [5.74, 6) is -0.356. The quantitative estimate of drug-likeness (QED) is 0.299. The van der Waals surface area contributed by atoms with Gasteiger partial charge in [0.15, 0.2) is 0 Å². The standard InChI is InChI=1S/C13H21N3O7/c1-2-11(17)14-3-5-22-13(19)23-6-4-15-12(18)16-10-7-20-9-21-8-10/h2,10H,1,3-9H2,(H,14,17)(H2,15,16,18). The zero-order chi connectivity index (χ0) is 16.9. The fourth-order valence-electron chi connectivity index (χ4n) is 1.53. The SMILES string of the molecule is C=CC(=O)NCCOC(=O)OCCNC(=O)NC1COCOC1. The minimum atomic E-state index is -0.880. The maximum absolute atomic E-state index is 11.5. The van der Waals surface area contributed by atoms with Crippen molar-refractivity contribution in [3.63, 3.8) is 0 Å². The molecule has 3 N–H and O–H groups in total. The first-order valence-corrected chi connectivity index (χ1v) is 7.01. The van der Waals surface area contributed by atoms with E-state index >= 15 is 0 Å². The van der Waals surface area contributed by atoms with E-state index in [9.17, 15) is 14.4 Å². The predicted molar refractivity (Wildman–Crippen MR) is 77.6 cm³/mol. The summed E-state index contributed by atoms with van der Waals surface area (Å²) in [4.78, 5) is 33.5. The molecule has 0 aromatic rings. The fraction of sp³-hybridized carbons (Fsp3) is 0.615. The summed E-state index contributed by atoms with van der Waals surface area (Å²) < 4.78 is 19.5. The first kappa shape index (κ1) is 18.7. The van der Waals surface area contributed by atoms with Gasteiger partial charge in [-0.3, -0.25) is 4.79 Å². The average molecular weight is 331 g/mol. The van der Waals surface area contributed by atoms with E-state index in [-0.39, 0.29) is 45.0 Å². The minimum absolute atomic E-state index is 0.0198. The lowest BCUT2D eigenvalue weighted by atomic mass is 10.3. The van der Waals surface area contributed by atoms with E-state index in [1.165, 1.54) is 0 Å². The Morgan fingerprint density at radius 2 is 1.70 bits per heavy atom. The molecule has 0 spiro atoms. The molecule has 3 amide bonds. The van der Waals surface area contributed by atoms with Crippen molar-refractivity contribution in [3.8, 4) is 0 Å². The van der Waals surface area contributed by atoms with Crippen molar-refractivity contribution in [2.75, 3.05) is 46.3 Å². The van der Waals surface area contributed by atoms with E-state index in [4.69, 9.17) is 18.9 Å². The van der Waals surface area contributed by atoms with Gasteiger partial charge in [0.2, 0.25) is 5.91 Å². The highest BCUT2D eigenvalue weighted by atomic mass is 16.7. The second kappa shape index (κ2) is 11.3. The molecular weight excluding hydrogens is 310 g/mol. The highest BCUT2D eigenvalue weighted by Crippen LogP contribution is 1.95. The molecule has 1 aliphatic rings. The number of nitrogens with one attached hydrogen (secondary N) is 3. The minimum Gasteiger partial charge on any atom is -0.432 e. The number of hydrogen-bond donors (Lipinski definition) is 3. The van der Waals surface area contributed by atoms with Crippen LogP contribution in [0.5, 0.6) is 0 Å². The molecule has 0 radical (unpaired) electrons. The maximum atomic E-state index is 11.5. The molecule has 0 aromatic heterocycles. The monoisotopic (exact) mass is 331 g/mol. The molecule has 0 atom stereocenters. The van der Waals surface area contributed by atoms with Crippen LogP contribution in [0.15, 0.2) is 12.7 Å². The number of ether oxygens (including phenoxy) is 4. The number of carbonyl (C=O) groups is 3. The van der Waals surface area contributed by atoms with Gasteiger partial charge in [-0.15, -0.1) is 0 Å². The molecule has 130 valence electrons. The van der Waals surface area contributed by atoms with Crippen molar-refractivity contribution in [3.05, 3.63) is 12.7 Å². The van der Waals surface area contributed by atoms with Crippen LogP contribution in [0, 0.1) is 0 Å². The summed E-state index contributed by atoms with van der Waals surface area (Å²) in [5, 5.41) is 7.59. The van der Waals surface area contributed by atoms with Gasteiger partial charge in [0, 0.05) is 0 Å². The Kier molecular flexibility index (Phi) is 9.17. The van der Waals surface area contributed by atoms with Gasteiger partial charge in [-0.05, 0) is 6.08 Å². The summed E-state index contributed by atoms with van der Waals surface area (Å²) in [5.41, 5.74) is 0. The molecule has 1 saturated heterocycles. The van der Waals surface area contributed by atoms with Crippen LogP contribution in [0.1, 0.15) is 0 Å². The Morgan fingerprint density at radius 3 is 2.30 bits per heavy atom. The van der Waals surface area contributed by atoms with Crippen molar-refractivity contribution < 1.29 is 33.3 Å². The Morgan fingerprint density at radius 1 is 1.09 bits per heavy atom. The average Bonchev–Trinajstić information content (AvgIpc) is 2.56. The molecule has 23 heavy (non-hydrogen) atoms. The maximum Gasteiger partial charge on any atom is 0.508 e. The molecule has 10 nitrogen and oxygen atoms in total. The van der Waals surface area contributed by atoms with Crippen LogP contribution in [-0.4, -0.2) is 70.4 Å². The number of hydrogen-bond acceptors (Lipinski definition) is 7. The Bertz CT molecular complexity index is 410. The van der Waals surface area contributed by atoms with Crippen LogP contribution in [0.4, 0.5) is 9.59 Å². The Labute approximate surface area is 133 Å². The van der Waals surface area contributed by atoms with Gasteiger partial charge in [-0.25, -0.2) is 9.59 Å². The normalized spacial score (nSPS) is 14.4. The van der Waals surface area contributed by atoms with Crippen molar-refractivity contribution in [1.82, 2.24) is 16.0 Å². The van der Waals surface area contributed by atoms with Gasteiger partial charge in [-0.1, -0.05) is 6.58 Å². The number of rotatable bonds is 8. The second-order valence-corrected chi connectivity index (χ2v) is 4.40. The lowest BCUT2D eigenvalue weighted by Crippen LogP contribution is -2.49. The first-order chi connectivity index (χ1) is 11.1. The van der Waals surface area contributed by atoms with E-state index in [1.54, 1.807) is 0 Å². The molecule has 0 saturated carbocycles. The zero-order valence-electron chi connectivity index (χ0n) is 12.7. The smallest absolute Gasteiger partial charge is 0.432 e. The Hall–Kier alpha value is -2.33. The molecule has 0 unspecified atom stereocenters. The van der Waals surface area contributed by atoms with Crippen LogP contribution in [0.2, 0.25) is 0 Å². The first-order valence-electron chi connectivity index (χ1n) is 7.01. The third kappa shape index (κ3) is 9.32. The van der Waals surface area contributed by atoms with Gasteiger partial charge in [0.25, 0.3) is 0 Å². The van der Waals surface area contributed by atoms with E-state index < -0.39 is 12.2 Å². The highest BCUT2D eigenvalue weighted by molar-refractivity contribution is 5.86. The summed E-state index contributed by atoms with van der Waals surface area (Å²) >= 11 is 0. The summed E-state index contributed by atoms with van der Waals surface area (Å²) in [6, 6.07) is -0.617. The molecule has 1 fully saturated rings. The predicted octanol–water partition coefficient (Wildman–Crippen LogP) is -0.886. The van der Waals surface area contributed by atoms with E-state index in [0.717, 1.165) is 6.08 Å². The Balaban J connectivity index is 1.96. The number of urea groups is 1. The highest BCUT2D eigenvalue weighted by Gasteiger charge is 2.16. The lowest BCUT2D eigenvalue weighted by Gasteiger charge is -2.23. The van der Waals surface area contributed by atoms with Crippen molar-refractivity contribution in [2.24, 2.45) is 0 Å². The van der Waals surface area contributed by atoms with Crippen LogP contribution in [0.25, 0.3) is 0 Å². The van der Waals surface area contributed by atoms with Crippen LogP contribution in [0.3, 0.4) is 0 Å². The van der Waals surface area contributed by atoms with Gasteiger partial charge in [0.1, 0.15) is 20.0 Å². The molecule has 10 heteroatoms. The summed E-state index contributed by atoms with van der Waals surface area (Å²) in [7, 11) is 0. The van der Waals surface area contributed by atoms with Gasteiger partial charge < -0.3 is 34.9 Å². The van der Waals surface area contributed by atoms with Crippen LogP contribution < -0.4 is 16.0 Å². The third-order valence-electron chi connectivity index (χ3n) is 2.55. The van der Waals surface area contributed by atoms with Gasteiger partial charge >= 0.3 is 12.2 Å². The largest absolute Gasteiger partial charge is 0.508 e. The van der Waals surface area contributed by atoms with E-state index in [2.05, 4.69) is 22.5 Å². The molecule has 0 aliphatic carbocycles. The van der Waals surface area contributed by atoms with Crippen molar-refractivity contribution >= 4 is 18.1 Å². The number of amides is 3. The van der Waals surface area contributed by atoms with Gasteiger partial charge in [-0.2, -0.15) is 0 Å².